The van der Waals surface area contributed by atoms with E-state index in [0.29, 0.717) is 6.07 Å². The first-order valence-electron chi connectivity index (χ1n) is 4.96. The minimum Gasteiger partial charge on any atom is -0.394 e. The van der Waals surface area contributed by atoms with E-state index in [2.05, 4.69) is 5.32 Å². The second-order valence-electron chi connectivity index (χ2n) is 4.34. The highest BCUT2D eigenvalue weighted by atomic mass is 35.5. The van der Waals surface area contributed by atoms with Crippen molar-refractivity contribution in [2.45, 2.75) is 19.4 Å². The molecule has 0 aliphatic carbocycles. The van der Waals surface area contributed by atoms with Gasteiger partial charge in [-0.3, -0.25) is 4.79 Å². The Kier molecular flexibility index (Phi) is 4.24. The van der Waals surface area contributed by atoms with Crippen LogP contribution in [0.4, 0.5) is 13.2 Å². The summed E-state index contributed by atoms with van der Waals surface area (Å²) in [4.78, 5) is 11.6. The highest BCUT2D eigenvalue weighted by molar-refractivity contribution is 6.31. The molecule has 1 amide bonds. The summed E-state index contributed by atoms with van der Waals surface area (Å²) in [6, 6.07) is 0.416. The third-order valence-electron chi connectivity index (χ3n) is 2.19. The summed E-state index contributed by atoms with van der Waals surface area (Å²) >= 11 is 5.22. The monoisotopic (exact) mass is 281 g/mol. The molecule has 100 valence electrons. The number of halogens is 4. The molecule has 18 heavy (non-hydrogen) atoms. The molecule has 1 aromatic rings. The molecule has 0 aliphatic heterocycles. The van der Waals surface area contributed by atoms with Gasteiger partial charge in [0.05, 0.1) is 17.7 Å². The second kappa shape index (κ2) is 5.16. The summed E-state index contributed by atoms with van der Waals surface area (Å²) in [5.74, 6) is -5.31. The van der Waals surface area contributed by atoms with Crippen LogP contribution in [0.1, 0.15) is 24.2 Å². The van der Waals surface area contributed by atoms with Crippen LogP contribution in [-0.4, -0.2) is 23.2 Å². The van der Waals surface area contributed by atoms with Crippen molar-refractivity contribution < 1.29 is 23.1 Å². The first-order valence-corrected chi connectivity index (χ1v) is 5.34. The minimum absolute atomic E-state index is 0.405. The topological polar surface area (TPSA) is 49.3 Å². The fraction of sp³-hybridized carbons (Fsp3) is 0.364. The van der Waals surface area contributed by atoms with Gasteiger partial charge < -0.3 is 10.4 Å². The van der Waals surface area contributed by atoms with E-state index in [4.69, 9.17) is 16.7 Å². The maximum Gasteiger partial charge on any atom is 0.254 e. The van der Waals surface area contributed by atoms with Crippen LogP contribution in [0.15, 0.2) is 6.07 Å². The Hall–Kier alpha value is -1.27. The number of carbonyl (C=O) groups excluding carboxylic acids is 1. The summed E-state index contributed by atoms with van der Waals surface area (Å²) in [6.07, 6.45) is 0. The van der Waals surface area contributed by atoms with E-state index in [1.807, 2.05) is 0 Å². The Balaban J connectivity index is 3.15. The number of nitrogens with one attached hydrogen (secondary N) is 1. The third-order valence-corrected chi connectivity index (χ3v) is 2.53. The standard InChI is InChI=1S/C11H11ClF3NO2/c1-11(2,4-17)16-10(18)5-3-6(13)9(15)7(12)8(5)14/h3,17H,4H2,1-2H3,(H,16,18). The number of hydrogen-bond donors (Lipinski definition) is 2. The molecule has 0 aliphatic rings. The number of aliphatic hydroxyl groups excluding tert-OH is 1. The average Bonchev–Trinajstić information content (AvgIpc) is 2.30. The predicted molar refractivity (Wildman–Crippen MR) is 60.0 cm³/mol. The van der Waals surface area contributed by atoms with Crippen molar-refractivity contribution in [2.75, 3.05) is 6.61 Å². The fourth-order valence-electron chi connectivity index (χ4n) is 1.15. The molecule has 0 heterocycles. The molecular weight excluding hydrogens is 271 g/mol. The zero-order chi connectivity index (χ0) is 14.1. The Bertz CT molecular complexity index is 492. The van der Waals surface area contributed by atoms with Crippen molar-refractivity contribution in [1.82, 2.24) is 5.32 Å². The zero-order valence-electron chi connectivity index (χ0n) is 9.65. The van der Waals surface area contributed by atoms with Crippen LogP contribution >= 0.6 is 11.6 Å². The Morgan fingerprint density at radius 2 is 1.94 bits per heavy atom. The van der Waals surface area contributed by atoms with Gasteiger partial charge in [-0.05, 0) is 19.9 Å². The van der Waals surface area contributed by atoms with Crippen molar-refractivity contribution in [2.24, 2.45) is 0 Å². The van der Waals surface area contributed by atoms with E-state index in [9.17, 15) is 18.0 Å². The summed E-state index contributed by atoms with van der Waals surface area (Å²) in [7, 11) is 0. The van der Waals surface area contributed by atoms with Crippen LogP contribution in [-0.2, 0) is 0 Å². The van der Waals surface area contributed by atoms with E-state index >= 15 is 0 Å². The largest absolute Gasteiger partial charge is 0.394 e. The molecule has 0 saturated carbocycles. The molecule has 1 aromatic carbocycles. The van der Waals surface area contributed by atoms with Crippen LogP contribution in [0.5, 0.6) is 0 Å². The Morgan fingerprint density at radius 1 is 1.39 bits per heavy atom. The summed E-state index contributed by atoms with van der Waals surface area (Å²) in [5.41, 5.74) is -1.75. The lowest BCUT2D eigenvalue weighted by Gasteiger charge is -2.23. The number of aliphatic hydroxyl groups is 1. The molecule has 0 bridgehead atoms. The van der Waals surface area contributed by atoms with Gasteiger partial charge in [0.25, 0.3) is 5.91 Å². The quantitative estimate of drug-likeness (QED) is 0.659. The molecule has 0 aromatic heterocycles. The van der Waals surface area contributed by atoms with Gasteiger partial charge in [-0.1, -0.05) is 11.6 Å². The maximum atomic E-state index is 13.5. The fourth-order valence-corrected chi connectivity index (χ4v) is 1.34. The third kappa shape index (κ3) is 2.94. The average molecular weight is 282 g/mol. The number of carbonyl (C=O) groups is 1. The van der Waals surface area contributed by atoms with Gasteiger partial charge in [0.2, 0.25) is 0 Å². The van der Waals surface area contributed by atoms with Crippen molar-refractivity contribution in [3.8, 4) is 0 Å². The number of benzene rings is 1. The van der Waals surface area contributed by atoms with Crippen molar-refractivity contribution >= 4 is 17.5 Å². The van der Waals surface area contributed by atoms with Crippen LogP contribution in [0, 0.1) is 17.5 Å². The zero-order valence-corrected chi connectivity index (χ0v) is 10.4. The van der Waals surface area contributed by atoms with Crippen LogP contribution in [0.3, 0.4) is 0 Å². The molecule has 0 saturated heterocycles. The first kappa shape index (κ1) is 14.8. The molecular formula is C11H11ClF3NO2. The molecule has 2 N–H and O–H groups in total. The van der Waals surface area contributed by atoms with Crippen molar-refractivity contribution in [3.05, 3.63) is 34.1 Å². The van der Waals surface area contributed by atoms with Crippen LogP contribution in [0.25, 0.3) is 0 Å². The Labute approximate surface area is 107 Å². The Morgan fingerprint density at radius 3 is 2.44 bits per heavy atom. The van der Waals surface area contributed by atoms with Gasteiger partial charge in [-0.2, -0.15) is 0 Å². The maximum absolute atomic E-state index is 13.5. The normalized spacial score (nSPS) is 11.5. The van der Waals surface area contributed by atoms with E-state index in [1.165, 1.54) is 13.8 Å². The lowest BCUT2D eigenvalue weighted by molar-refractivity contribution is 0.0864. The second-order valence-corrected chi connectivity index (χ2v) is 4.72. The molecule has 0 fully saturated rings. The summed E-state index contributed by atoms with van der Waals surface area (Å²) in [6.45, 7) is 2.55. The van der Waals surface area contributed by atoms with Crippen molar-refractivity contribution in [1.29, 1.82) is 0 Å². The van der Waals surface area contributed by atoms with Crippen molar-refractivity contribution in [3.63, 3.8) is 0 Å². The summed E-state index contributed by atoms with van der Waals surface area (Å²) < 4.78 is 39.5. The molecule has 0 radical (unpaired) electrons. The first-order chi connectivity index (χ1) is 8.19. The van der Waals surface area contributed by atoms with Gasteiger partial charge in [-0.25, -0.2) is 13.2 Å². The number of amides is 1. The summed E-state index contributed by atoms with van der Waals surface area (Å²) in [5, 5.41) is 10.1. The molecule has 0 spiro atoms. The molecule has 0 unspecified atom stereocenters. The lowest BCUT2D eigenvalue weighted by Crippen LogP contribution is -2.46. The number of rotatable bonds is 3. The van der Waals surface area contributed by atoms with E-state index in [1.54, 1.807) is 0 Å². The highest BCUT2D eigenvalue weighted by Gasteiger charge is 2.25. The van der Waals surface area contributed by atoms with Crippen LogP contribution < -0.4 is 5.32 Å². The molecule has 7 heteroatoms. The van der Waals surface area contributed by atoms with Gasteiger partial charge in [-0.15, -0.1) is 0 Å². The predicted octanol–water partition coefficient (Wildman–Crippen LogP) is 2.26. The van der Waals surface area contributed by atoms with Gasteiger partial charge in [0.1, 0.15) is 5.02 Å². The SMILES string of the molecule is CC(C)(CO)NC(=O)c1cc(F)c(F)c(Cl)c1F. The van der Waals surface area contributed by atoms with Gasteiger partial charge in [0, 0.05) is 0 Å². The molecule has 1 rings (SSSR count). The van der Waals surface area contributed by atoms with Crippen LogP contribution in [0.2, 0.25) is 5.02 Å². The lowest BCUT2D eigenvalue weighted by atomic mass is 10.1. The molecule has 3 nitrogen and oxygen atoms in total. The van der Waals surface area contributed by atoms with E-state index < -0.39 is 46.1 Å². The smallest absolute Gasteiger partial charge is 0.254 e. The van der Waals surface area contributed by atoms with Gasteiger partial charge in [0.15, 0.2) is 17.5 Å². The highest BCUT2D eigenvalue weighted by Crippen LogP contribution is 2.25. The van der Waals surface area contributed by atoms with E-state index in [-0.39, 0.29) is 0 Å². The molecule has 0 atom stereocenters. The number of hydrogen-bond acceptors (Lipinski definition) is 2. The van der Waals surface area contributed by atoms with Gasteiger partial charge >= 0.3 is 0 Å². The minimum atomic E-state index is -1.55. The van der Waals surface area contributed by atoms with E-state index in [0.717, 1.165) is 0 Å².